The van der Waals surface area contributed by atoms with Crippen LogP contribution in [0, 0.1) is 0 Å². The Morgan fingerprint density at radius 3 is 2.18 bits per heavy atom. The van der Waals surface area contributed by atoms with Crippen molar-refractivity contribution in [2.24, 2.45) is 0 Å². The van der Waals surface area contributed by atoms with Crippen molar-refractivity contribution in [1.82, 2.24) is 15.0 Å². The molecule has 1 aromatic carbocycles. The zero-order valence-electron chi connectivity index (χ0n) is 19.3. The summed E-state index contributed by atoms with van der Waals surface area (Å²) in [5.74, 6) is -1.95. The summed E-state index contributed by atoms with van der Waals surface area (Å²) in [5, 5.41) is 8.16. The van der Waals surface area contributed by atoms with Gasteiger partial charge in [-0.05, 0) is 12.1 Å². The predicted molar refractivity (Wildman–Crippen MR) is 113 cm³/mol. The van der Waals surface area contributed by atoms with Crippen LogP contribution in [0.5, 0.6) is 0 Å². The van der Waals surface area contributed by atoms with Gasteiger partial charge in [0.05, 0.1) is 25.1 Å². The maximum Gasteiger partial charge on any atom is 0.303 e. The van der Waals surface area contributed by atoms with Gasteiger partial charge in [-0.15, -0.1) is 5.10 Å². The highest BCUT2D eigenvalue weighted by molar-refractivity contribution is 5.68. The standard InChI is InChI=1S/C22H27N3O9/c1-13(26)31-19-18(34-22(29-4)21(33-15(3)28)20(19)32-14(2)27)12-30-11-16-10-25(24-23-16)17-8-6-5-7-9-17/h5-10,18-22H,11-12H2,1-4H3/t18-,19-,20+,21-,22+/m1/s1. The molecule has 0 aliphatic carbocycles. The van der Waals surface area contributed by atoms with Crippen LogP contribution in [0.2, 0.25) is 0 Å². The Bertz CT molecular complexity index is 981. The van der Waals surface area contributed by atoms with Crippen molar-refractivity contribution in [3.63, 3.8) is 0 Å². The molecule has 3 rings (SSSR count). The number of hydrogen-bond acceptors (Lipinski definition) is 11. The van der Waals surface area contributed by atoms with Gasteiger partial charge in [-0.3, -0.25) is 14.4 Å². The molecule has 0 bridgehead atoms. The number of methoxy groups -OCH3 is 1. The van der Waals surface area contributed by atoms with E-state index >= 15 is 0 Å². The lowest BCUT2D eigenvalue weighted by Gasteiger charge is -2.43. The Hall–Kier alpha value is -3.35. The summed E-state index contributed by atoms with van der Waals surface area (Å²) in [5.41, 5.74) is 1.40. The number of esters is 3. The molecule has 1 aromatic heterocycles. The lowest BCUT2D eigenvalue weighted by atomic mass is 9.98. The fourth-order valence-corrected chi connectivity index (χ4v) is 3.53. The van der Waals surface area contributed by atoms with Crippen LogP contribution in [-0.4, -0.2) is 77.3 Å². The maximum atomic E-state index is 11.8. The normalized spacial score (nSPS) is 24.3. The summed E-state index contributed by atoms with van der Waals surface area (Å²) in [4.78, 5) is 35.2. The summed E-state index contributed by atoms with van der Waals surface area (Å²) in [6.07, 6.45) is -3.70. The molecule has 34 heavy (non-hydrogen) atoms. The van der Waals surface area contributed by atoms with Crippen LogP contribution < -0.4 is 0 Å². The van der Waals surface area contributed by atoms with Gasteiger partial charge in [0.25, 0.3) is 0 Å². The van der Waals surface area contributed by atoms with Gasteiger partial charge in [-0.2, -0.15) is 0 Å². The van der Waals surface area contributed by atoms with Crippen LogP contribution >= 0.6 is 0 Å². The highest BCUT2D eigenvalue weighted by Crippen LogP contribution is 2.29. The summed E-state index contributed by atoms with van der Waals surface area (Å²) in [6, 6.07) is 9.45. The number of hydrogen-bond donors (Lipinski definition) is 0. The fourth-order valence-electron chi connectivity index (χ4n) is 3.53. The first-order valence-corrected chi connectivity index (χ1v) is 10.5. The predicted octanol–water partition coefficient (Wildman–Crippen LogP) is 0.950. The van der Waals surface area contributed by atoms with Crippen molar-refractivity contribution in [3.8, 4) is 5.69 Å². The molecule has 5 atom stereocenters. The SMILES string of the molecule is CO[C@H]1O[C@H](COCc2cn(-c3ccccc3)nn2)[C@@H](OC(C)=O)[C@H](OC(C)=O)[C@H]1OC(C)=O. The first-order valence-electron chi connectivity index (χ1n) is 10.5. The minimum atomic E-state index is -1.17. The van der Waals surface area contributed by atoms with Gasteiger partial charge in [0, 0.05) is 27.9 Å². The molecular weight excluding hydrogens is 450 g/mol. The molecular formula is C22H27N3O9. The van der Waals surface area contributed by atoms with Crippen LogP contribution in [0.15, 0.2) is 36.5 Å². The number of carbonyl (C=O) groups is 3. The molecule has 0 saturated carbocycles. The Balaban J connectivity index is 1.73. The van der Waals surface area contributed by atoms with Crippen molar-refractivity contribution in [2.45, 2.75) is 58.1 Å². The third-order valence-electron chi connectivity index (χ3n) is 4.82. The number of para-hydroxylation sites is 1. The number of nitrogens with zero attached hydrogens (tertiary/aromatic N) is 3. The minimum absolute atomic E-state index is 0.0689. The van der Waals surface area contributed by atoms with Gasteiger partial charge in [0.15, 0.2) is 24.6 Å². The molecule has 184 valence electrons. The van der Waals surface area contributed by atoms with Crippen LogP contribution in [0.4, 0.5) is 0 Å². The number of ether oxygens (including phenoxy) is 6. The molecule has 12 nitrogen and oxygen atoms in total. The Morgan fingerprint density at radius 2 is 1.56 bits per heavy atom. The van der Waals surface area contributed by atoms with E-state index in [9.17, 15) is 14.4 Å². The maximum absolute atomic E-state index is 11.8. The molecule has 1 saturated heterocycles. The van der Waals surface area contributed by atoms with E-state index in [1.165, 1.54) is 27.9 Å². The fraction of sp³-hybridized carbons (Fsp3) is 0.500. The lowest BCUT2D eigenvalue weighted by molar-refractivity contribution is -0.304. The van der Waals surface area contributed by atoms with Crippen LogP contribution in [-0.2, 0) is 49.4 Å². The molecule has 0 unspecified atom stereocenters. The molecule has 1 aliphatic heterocycles. The van der Waals surface area contributed by atoms with Crippen molar-refractivity contribution in [1.29, 1.82) is 0 Å². The molecule has 1 fully saturated rings. The van der Waals surface area contributed by atoms with Crippen molar-refractivity contribution in [2.75, 3.05) is 13.7 Å². The van der Waals surface area contributed by atoms with E-state index in [4.69, 9.17) is 28.4 Å². The zero-order valence-corrected chi connectivity index (χ0v) is 19.3. The van der Waals surface area contributed by atoms with Gasteiger partial charge in [0.2, 0.25) is 0 Å². The van der Waals surface area contributed by atoms with E-state index in [2.05, 4.69) is 10.3 Å². The second kappa shape index (κ2) is 11.7. The second-order valence-electron chi connectivity index (χ2n) is 7.51. The summed E-state index contributed by atoms with van der Waals surface area (Å²) < 4.78 is 34.5. The first-order chi connectivity index (χ1) is 16.3. The molecule has 2 heterocycles. The van der Waals surface area contributed by atoms with Crippen molar-refractivity contribution < 1.29 is 42.8 Å². The van der Waals surface area contributed by atoms with Crippen molar-refractivity contribution >= 4 is 17.9 Å². The number of benzene rings is 1. The molecule has 12 heteroatoms. The van der Waals surface area contributed by atoms with Gasteiger partial charge in [-0.25, -0.2) is 4.68 Å². The van der Waals surface area contributed by atoms with Gasteiger partial charge in [0.1, 0.15) is 11.8 Å². The molecule has 0 amide bonds. The Morgan fingerprint density at radius 1 is 0.941 bits per heavy atom. The van der Waals surface area contributed by atoms with E-state index in [0.29, 0.717) is 5.69 Å². The van der Waals surface area contributed by atoms with E-state index < -0.39 is 48.6 Å². The Labute approximate surface area is 196 Å². The van der Waals surface area contributed by atoms with E-state index in [0.717, 1.165) is 5.69 Å². The van der Waals surface area contributed by atoms with Crippen molar-refractivity contribution in [3.05, 3.63) is 42.2 Å². The molecule has 2 aromatic rings. The van der Waals surface area contributed by atoms with Gasteiger partial charge < -0.3 is 28.4 Å². The van der Waals surface area contributed by atoms with Gasteiger partial charge in [-0.1, -0.05) is 23.4 Å². The average molecular weight is 477 g/mol. The smallest absolute Gasteiger partial charge is 0.303 e. The average Bonchev–Trinajstić information content (AvgIpc) is 3.26. The van der Waals surface area contributed by atoms with E-state index in [1.807, 2.05) is 30.3 Å². The topological polar surface area (TPSA) is 137 Å². The van der Waals surface area contributed by atoms with Crippen LogP contribution in [0.1, 0.15) is 26.5 Å². The quantitative estimate of drug-likeness (QED) is 0.377. The highest BCUT2D eigenvalue weighted by atomic mass is 16.7. The summed E-state index contributed by atoms with van der Waals surface area (Å²) >= 11 is 0. The number of aromatic nitrogens is 3. The Kier molecular flexibility index (Phi) is 8.68. The minimum Gasteiger partial charge on any atom is -0.456 e. The molecule has 1 aliphatic rings. The van der Waals surface area contributed by atoms with E-state index in [1.54, 1.807) is 10.9 Å². The third kappa shape index (κ3) is 6.59. The van der Waals surface area contributed by atoms with Crippen LogP contribution in [0.3, 0.4) is 0 Å². The van der Waals surface area contributed by atoms with Gasteiger partial charge >= 0.3 is 17.9 Å². The second-order valence-corrected chi connectivity index (χ2v) is 7.51. The number of carbonyl (C=O) groups excluding carboxylic acids is 3. The third-order valence-corrected chi connectivity index (χ3v) is 4.82. The molecule has 0 N–H and O–H groups in total. The van der Waals surface area contributed by atoms with E-state index in [-0.39, 0.29) is 13.2 Å². The molecule has 0 spiro atoms. The number of rotatable bonds is 9. The summed E-state index contributed by atoms with van der Waals surface area (Å²) in [6.45, 7) is 3.60. The lowest BCUT2D eigenvalue weighted by Crippen LogP contribution is -2.62. The first kappa shape index (κ1) is 25.3. The zero-order chi connectivity index (χ0) is 24.7. The van der Waals surface area contributed by atoms with Crippen LogP contribution in [0.25, 0.3) is 5.69 Å². The monoisotopic (exact) mass is 477 g/mol. The molecule has 0 radical (unpaired) electrons. The summed E-state index contributed by atoms with van der Waals surface area (Å²) in [7, 11) is 1.35. The largest absolute Gasteiger partial charge is 0.456 e. The highest BCUT2D eigenvalue weighted by Gasteiger charge is 2.52.